The smallest absolute Gasteiger partial charge is 0.0701 e. The topological polar surface area (TPSA) is 12.0 Å². The van der Waals surface area contributed by atoms with Crippen LogP contribution in [0.5, 0.6) is 0 Å². The minimum absolute atomic E-state index is 0.788. The van der Waals surface area contributed by atoms with E-state index in [1.165, 1.54) is 27.9 Å². The highest BCUT2D eigenvalue weighted by molar-refractivity contribution is 9.11. The van der Waals surface area contributed by atoms with Gasteiger partial charge in [0, 0.05) is 4.88 Å². The molecule has 0 amide bonds. The first-order valence-corrected chi connectivity index (χ1v) is 6.76. The fraction of sp³-hybridized carbons (Fsp3) is 0.636. The van der Waals surface area contributed by atoms with Crippen LogP contribution in [0.3, 0.4) is 0 Å². The monoisotopic (exact) mass is 275 g/mol. The molecular formula is C11H18BrNS. The lowest BCUT2D eigenvalue weighted by Crippen LogP contribution is -2.20. The third-order valence-corrected chi connectivity index (χ3v) is 3.95. The Morgan fingerprint density at radius 1 is 1.50 bits per heavy atom. The van der Waals surface area contributed by atoms with Gasteiger partial charge in [0.1, 0.15) is 0 Å². The van der Waals surface area contributed by atoms with Crippen molar-refractivity contribution in [1.82, 2.24) is 5.32 Å². The van der Waals surface area contributed by atoms with Crippen molar-refractivity contribution in [2.45, 2.75) is 26.2 Å². The molecule has 1 nitrogen and oxygen atoms in total. The van der Waals surface area contributed by atoms with Gasteiger partial charge in [-0.3, -0.25) is 0 Å². The largest absolute Gasteiger partial charge is 0.319 e. The number of hydrogen-bond donors (Lipinski definition) is 1. The van der Waals surface area contributed by atoms with Gasteiger partial charge < -0.3 is 5.32 Å². The van der Waals surface area contributed by atoms with Crippen LogP contribution in [0.4, 0.5) is 0 Å². The van der Waals surface area contributed by atoms with Crippen LogP contribution in [0.1, 0.15) is 24.6 Å². The van der Waals surface area contributed by atoms with Crippen LogP contribution in [-0.2, 0) is 6.42 Å². The summed E-state index contributed by atoms with van der Waals surface area (Å²) < 4.78 is 1.24. The second-order valence-corrected chi connectivity index (χ2v) is 6.17. The van der Waals surface area contributed by atoms with Crippen molar-refractivity contribution in [3.05, 3.63) is 20.8 Å². The number of nitrogens with one attached hydrogen (secondary N) is 1. The van der Waals surface area contributed by atoms with Gasteiger partial charge >= 0.3 is 0 Å². The van der Waals surface area contributed by atoms with Crippen LogP contribution in [0.2, 0.25) is 0 Å². The van der Waals surface area contributed by atoms with Gasteiger partial charge in [-0.2, -0.15) is 0 Å². The Bertz CT molecular complexity index is 254. The first-order valence-electron chi connectivity index (χ1n) is 5.15. The molecule has 0 saturated heterocycles. The zero-order valence-corrected chi connectivity index (χ0v) is 11.2. The van der Waals surface area contributed by atoms with Crippen molar-refractivity contribution in [2.24, 2.45) is 5.92 Å². The van der Waals surface area contributed by atoms with Gasteiger partial charge in [0.05, 0.1) is 3.79 Å². The molecule has 1 atom stereocenters. The van der Waals surface area contributed by atoms with Crippen molar-refractivity contribution < 1.29 is 0 Å². The van der Waals surface area contributed by atoms with E-state index in [2.05, 4.69) is 40.3 Å². The molecule has 0 spiro atoms. The predicted octanol–water partition coefficient (Wildman–Crippen LogP) is 3.69. The average Bonchev–Trinajstić information content (AvgIpc) is 2.52. The van der Waals surface area contributed by atoms with Gasteiger partial charge in [0.15, 0.2) is 0 Å². The lowest BCUT2D eigenvalue weighted by molar-refractivity contribution is 0.458. The first-order chi connectivity index (χ1) is 6.76. The van der Waals surface area contributed by atoms with Gasteiger partial charge in [-0.05, 0) is 60.4 Å². The molecule has 1 N–H and O–H groups in total. The van der Waals surface area contributed by atoms with Crippen LogP contribution in [-0.4, -0.2) is 13.6 Å². The minimum Gasteiger partial charge on any atom is -0.319 e. The Balaban J connectivity index is 2.46. The second-order valence-electron chi connectivity index (χ2n) is 3.62. The standard InChI is InChI=1S/C11H18BrNS/c1-3-4-9(8-13-2)7-10-5-6-11(12)14-10/h5-6,9,13H,3-4,7-8H2,1-2H3. The zero-order chi connectivity index (χ0) is 10.4. The summed E-state index contributed by atoms with van der Waals surface area (Å²) in [6.45, 7) is 3.39. The highest BCUT2D eigenvalue weighted by Gasteiger charge is 2.09. The van der Waals surface area contributed by atoms with Gasteiger partial charge in [-0.1, -0.05) is 13.3 Å². The maximum atomic E-state index is 3.50. The van der Waals surface area contributed by atoms with E-state index in [1.54, 1.807) is 0 Å². The van der Waals surface area contributed by atoms with Crippen molar-refractivity contribution in [3.63, 3.8) is 0 Å². The number of rotatable bonds is 6. The molecule has 14 heavy (non-hydrogen) atoms. The van der Waals surface area contributed by atoms with E-state index in [0.29, 0.717) is 0 Å². The number of halogens is 1. The van der Waals surface area contributed by atoms with Crippen LogP contribution in [0.15, 0.2) is 15.9 Å². The van der Waals surface area contributed by atoms with E-state index in [0.717, 1.165) is 12.5 Å². The SMILES string of the molecule is CCCC(CNC)Cc1ccc(Br)s1. The quantitative estimate of drug-likeness (QED) is 0.835. The van der Waals surface area contributed by atoms with Crippen LogP contribution in [0, 0.1) is 5.92 Å². The first kappa shape index (κ1) is 12.2. The zero-order valence-electron chi connectivity index (χ0n) is 8.85. The third kappa shape index (κ3) is 4.11. The van der Waals surface area contributed by atoms with Crippen molar-refractivity contribution in [3.8, 4) is 0 Å². The fourth-order valence-electron chi connectivity index (χ4n) is 1.72. The summed E-state index contributed by atoms with van der Waals surface area (Å²) in [4.78, 5) is 1.49. The molecule has 0 fully saturated rings. The van der Waals surface area contributed by atoms with E-state index in [-0.39, 0.29) is 0 Å². The van der Waals surface area contributed by atoms with Gasteiger partial charge in [-0.15, -0.1) is 11.3 Å². The molecule has 1 unspecified atom stereocenters. The lowest BCUT2D eigenvalue weighted by atomic mass is 9.99. The maximum Gasteiger partial charge on any atom is 0.0701 e. The van der Waals surface area contributed by atoms with E-state index < -0.39 is 0 Å². The van der Waals surface area contributed by atoms with Crippen LogP contribution < -0.4 is 5.32 Å². The molecule has 0 aliphatic rings. The summed E-state index contributed by atoms with van der Waals surface area (Å²) in [7, 11) is 2.03. The Hall–Kier alpha value is 0.140. The van der Waals surface area contributed by atoms with E-state index in [1.807, 2.05) is 18.4 Å². The second kappa shape index (κ2) is 6.59. The molecule has 1 aromatic rings. The Morgan fingerprint density at radius 3 is 2.79 bits per heavy atom. The fourth-order valence-corrected chi connectivity index (χ4v) is 3.32. The molecule has 0 aliphatic heterocycles. The highest BCUT2D eigenvalue weighted by atomic mass is 79.9. The third-order valence-electron chi connectivity index (χ3n) is 2.31. The molecular weight excluding hydrogens is 258 g/mol. The summed E-state index contributed by atoms with van der Waals surface area (Å²) in [5.41, 5.74) is 0. The summed E-state index contributed by atoms with van der Waals surface area (Å²) in [6, 6.07) is 4.37. The molecule has 1 rings (SSSR count). The normalized spacial score (nSPS) is 13.1. The van der Waals surface area contributed by atoms with Crippen molar-refractivity contribution in [1.29, 1.82) is 0 Å². The molecule has 0 aliphatic carbocycles. The molecule has 80 valence electrons. The van der Waals surface area contributed by atoms with Gasteiger partial charge in [-0.25, -0.2) is 0 Å². The summed E-state index contributed by atoms with van der Waals surface area (Å²) in [5.74, 6) is 0.788. The molecule has 0 saturated carbocycles. The molecule has 0 radical (unpaired) electrons. The summed E-state index contributed by atoms with van der Waals surface area (Å²) in [6.07, 6.45) is 3.81. The molecule has 3 heteroatoms. The van der Waals surface area contributed by atoms with Crippen molar-refractivity contribution in [2.75, 3.05) is 13.6 Å². The number of thiophene rings is 1. The van der Waals surface area contributed by atoms with E-state index >= 15 is 0 Å². The predicted molar refractivity (Wildman–Crippen MR) is 68.0 cm³/mol. The average molecular weight is 276 g/mol. The molecule has 1 aromatic heterocycles. The summed E-state index contributed by atoms with van der Waals surface area (Å²) in [5, 5.41) is 3.27. The maximum absolute atomic E-state index is 3.50. The lowest BCUT2D eigenvalue weighted by Gasteiger charge is -2.14. The van der Waals surface area contributed by atoms with Crippen molar-refractivity contribution >= 4 is 27.3 Å². The van der Waals surface area contributed by atoms with E-state index in [4.69, 9.17) is 0 Å². The Morgan fingerprint density at radius 2 is 2.29 bits per heavy atom. The minimum atomic E-state index is 0.788. The van der Waals surface area contributed by atoms with Gasteiger partial charge in [0.2, 0.25) is 0 Å². The van der Waals surface area contributed by atoms with Crippen LogP contribution in [0.25, 0.3) is 0 Å². The molecule has 1 heterocycles. The molecule has 0 bridgehead atoms. The summed E-state index contributed by atoms with van der Waals surface area (Å²) >= 11 is 5.36. The van der Waals surface area contributed by atoms with Gasteiger partial charge in [0.25, 0.3) is 0 Å². The Kier molecular flexibility index (Phi) is 5.75. The van der Waals surface area contributed by atoms with Crippen LogP contribution >= 0.6 is 27.3 Å². The highest BCUT2D eigenvalue weighted by Crippen LogP contribution is 2.25. The van der Waals surface area contributed by atoms with E-state index in [9.17, 15) is 0 Å². The molecule has 0 aromatic carbocycles. The number of hydrogen-bond acceptors (Lipinski definition) is 2. The Labute approximate surface area is 99.0 Å².